The zero-order valence-corrected chi connectivity index (χ0v) is 29.8. The van der Waals surface area contributed by atoms with E-state index in [1.807, 2.05) is 0 Å². The van der Waals surface area contributed by atoms with E-state index >= 15 is 0 Å². The highest BCUT2D eigenvalue weighted by atomic mass is 16.7. The van der Waals surface area contributed by atoms with Gasteiger partial charge in [-0.25, -0.2) is 0 Å². The number of hydrogen-bond acceptors (Lipinski definition) is 2. The molecule has 0 N–H and O–H groups in total. The Morgan fingerprint density at radius 2 is 0.846 bits per heavy atom. The van der Waals surface area contributed by atoms with Crippen molar-refractivity contribution in [1.29, 1.82) is 0 Å². The molecule has 52 heavy (non-hydrogen) atoms. The molecule has 0 aromatic heterocycles. The lowest BCUT2D eigenvalue weighted by molar-refractivity contribution is 0.00578. The fourth-order valence-corrected chi connectivity index (χ4v) is 9.65. The fraction of sp³-hybridized carbons (Fsp3) is 0.143. The van der Waals surface area contributed by atoms with Crippen molar-refractivity contribution >= 4 is 44.9 Å². The highest BCUT2D eigenvalue weighted by molar-refractivity contribution is 6.66. The molecule has 3 heteroatoms. The van der Waals surface area contributed by atoms with E-state index in [-0.39, 0.29) is 5.41 Å². The lowest BCUT2D eigenvalue weighted by Gasteiger charge is -2.32. The molecule has 0 unspecified atom stereocenters. The number of fused-ring (bicyclic) bond motifs is 16. The van der Waals surface area contributed by atoms with E-state index in [4.69, 9.17) is 9.31 Å². The van der Waals surface area contributed by atoms with Gasteiger partial charge in [0.2, 0.25) is 0 Å². The van der Waals surface area contributed by atoms with Gasteiger partial charge in [0.15, 0.2) is 0 Å². The van der Waals surface area contributed by atoms with Crippen LogP contribution in [0.4, 0.5) is 0 Å². The minimum Gasteiger partial charge on any atom is -0.399 e. The van der Waals surface area contributed by atoms with Gasteiger partial charge in [-0.05, 0) is 133 Å². The maximum absolute atomic E-state index is 6.66. The molecule has 11 rings (SSSR count). The van der Waals surface area contributed by atoms with Crippen LogP contribution in [0.25, 0.3) is 65.7 Å². The molecule has 1 heterocycles. The average molecular weight is 669 g/mol. The van der Waals surface area contributed by atoms with Crippen molar-refractivity contribution in [2.24, 2.45) is 0 Å². The second-order valence-electron chi connectivity index (χ2n) is 15.8. The van der Waals surface area contributed by atoms with Gasteiger partial charge in [0.1, 0.15) is 0 Å². The Kier molecular flexibility index (Phi) is 5.99. The van der Waals surface area contributed by atoms with Gasteiger partial charge in [0.25, 0.3) is 0 Å². The van der Waals surface area contributed by atoms with Gasteiger partial charge in [-0.2, -0.15) is 0 Å². The molecule has 8 aromatic rings. The summed E-state index contributed by atoms with van der Waals surface area (Å²) < 4.78 is 13.3. The van der Waals surface area contributed by atoms with Gasteiger partial charge in [0.05, 0.1) is 16.6 Å². The standard InChI is InChI=1S/C49H37BO2/c1-47(2)48(3,4)52-50(51-47)45-23-13-19-39-40-28-30(24-26-33(40)32-14-5-6-18-38(32)46(39)45)31-25-27-37-36-17-9-12-22-43(36)49(44(37)29-31)41-20-10-7-15-34(41)35-16-8-11-21-42(35)49/h5-29H,1-4H3. The van der Waals surface area contributed by atoms with Crippen LogP contribution in [0.15, 0.2) is 152 Å². The topological polar surface area (TPSA) is 18.5 Å². The van der Waals surface area contributed by atoms with Crippen molar-refractivity contribution in [2.75, 3.05) is 0 Å². The summed E-state index contributed by atoms with van der Waals surface area (Å²) in [7, 11) is -0.454. The number of hydrogen-bond donors (Lipinski definition) is 0. The van der Waals surface area contributed by atoms with Crippen molar-refractivity contribution in [2.45, 2.75) is 44.3 Å². The van der Waals surface area contributed by atoms with E-state index in [0.29, 0.717) is 0 Å². The zero-order chi connectivity index (χ0) is 35.0. The molecule has 1 fully saturated rings. The van der Waals surface area contributed by atoms with Crippen molar-refractivity contribution < 1.29 is 9.31 Å². The van der Waals surface area contributed by atoms with Crippen LogP contribution >= 0.6 is 0 Å². The molecule has 0 radical (unpaired) electrons. The van der Waals surface area contributed by atoms with Crippen molar-refractivity contribution in [3.63, 3.8) is 0 Å². The minimum absolute atomic E-state index is 0.368. The Hall–Kier alpha value is -5.48. The maximum atomic E-state index is 6.66. The molecular weight excluding hydrogens is 631 g/mol. The molecule has 3 aliphatic rings. The van der Waals surface area contributed by atoms with Crippen LogP contribution in [-0.4, -0.2) is 18.3 Å². The molecule has 0 saturated carbocycles. The van der Waals surface area contributed by atoms with Crippen LogP contribution in [-0.2, 0) is 14.7 Å². The quantitative estimate of drug-likeness (QED) is 0.135. The van der Waals surface area contributed by atoms with Crippen LogP contribution in [0.3, 0.4) is 0 Å². The van der Waals surface area contributed by atoms with Crippen LogP contribution in [0.5, 0.6) is 0 Å². The number of rotatable bonds is 2. The normalized spacial score (nSPS) is 17.1. The first-order chi connectivity index (χ1) is 25.3. The third-order valence-corrected chi connectivity index (χ3v) is 12.7. The minimum atomic E-state index is -0.454. The Balaban J connectivity index is 1.16. The summed E-state index contributed by atoms with van der Waals surface area (Å²) in [4.78, 5) is 0. The molecule has 2 nitrogen and oxygen atoms in total. The Morgan fingerprint density at radius 1 is 0.385 bits per heavy atom. The molecule has 0 atom stereocenters. The van der Waals surface area contributed by atoms with Crippen LogP contribution < -0.4 is 5.46 Å². The molecule has 0 amide bonds. The smallest absolute Gasteiger partial charge is 0.399 e. The third-order valence-electron chi connectivity index (χ3n) is 12.7. The van der Waals surface area contributed by atoms with Crippen molar-refractivity contribution in [3.8, 4) is 33.4 Å². The molecule has 1 spiro atoms. The average Bonchev–Trinajstić information content (AvgIpc) is 3.73. The third kappa shape index (κ3) is 3.77. The van der Waals surface area contributed by atoms with Gasteiger partial charge in [0, 0.05) is 0 Å². The van der Waals surface area contributed by atoms with Gasteiger partial charge in [-0.1, -0.05) is 140 Å². The maximum Gasteiger partial charge on any atom is 0.495 e. The first-order valence-corrected chi connectivity index (χ1v) is 18.4. The number of benzene rings is 8. The van der Waals surface area contributed by atoms with Crippen LogP contribution in [0.2, 0.25) is 0 Å². The predicted molar refractivity (Wildman–Crippen MR) is 216 cm³/mol. The lowest BCUT2D eigenvalue weighted by Crippen LogP contribution is -2.41. The second kappa shape index (κ2) is 10.3. The molecule has 248 valence electrons. The Labute approximate surface area is 304 Å². The molecule has 2 aliphatic carbocycles. The second-order valence-corrected chi connectivity index (χ2v) is 15.8. The summed E-state index contributed by atoms with van der Waals surface area (Å²) in [5.74, 6) is 0. The first kappa shape index (κ1) is 30.2. The summed E-state index contributed by atoms with van der Waals surface area (Å²) in [6.07, 6.45) is 0. The van der Waals surface area contributed by atoms with Crippen molar-refractivity contribution in [3.05, 3.63) is 174 Å². The Morgan fingerprint density at radius 3 is 1.48 bits per heavy atom. The summed E-state index contributed by atoms with van der Waals surface area (Å²) in [6.45, 7) is 8.50. The van der Waals surface area contributed by atoms with Gasteiger partial charge in [-0.15, -0.1) is 0 Å². The van der Waals surface area contributed by atoms with E-state index in [2.05, 4.69) is 179 Å². The predicted octanol–water partition coefficient (Wildman–Crippen LogP) is 11.5. The summed E-state index contributed by atoms with van der Waals surface area (Å²) in [5, 5.41) is 7.36. The molecule has 8 aromatic carbocycles. The van der Waals surface area contributed by atoms with Gasteiger partial charge < -0.3 is 9.31 Å². The first-order valence-electron chi connectivity index (χ1n) is 18.4. The lowest BCUT2D eigenvalue weighted by atomic mass is 9.70. The van der Waals surface area contributed by atoms with E-state index in [1.54, 1.807) is 0 Å². The summed E-state index contributed by atoms with van der Waals surface area (Å²) >= 11 is 0. The van der Waals surface area contributed by atoms with Crippen LogP contribution in [0.1, 0.15) is 49.9 Å². The SMILES string of the molecule is CC1(C)OB(c2cccc3c4cc(-c5ccc6c(c5)C5(c7ccccc7-c7ccccc75)c5ccccc5-6)ccc4c4ccccc4c23)OC1(C)C. The summed E-state index contributed by atoms with van der Waals surface area (Å²) in [6, 6.07) is 56.7. The zero-order valence-electron chi connectivity index (χ0n) is 29.8. The fourth-order valence-electron chi connectivity index (χ4n) is 9.65. The highest BCUT2D eigenvalue weighted by Crippen LogP contribution is 2.63. The largest absolute Gasteiger partial charge is 0.495 e. The highest BCUT2D eigenvalue weighted by Gasteiger charge is 2.53. The van der Waals surface area contributed by atoms with E-state index in [0.717, 1.165) is 5.46 Å². The van der Waals surface area contributed by atoms with Crippen LogP contribution in [0, 0.1) is 0 Å². The Bertz CT molecular complexity index is 2750. The summed E-state index contributed by atoms with van der Waals surface area (Å²) in [5.41, 5.74) is 13.0. The monoisotopic (exact) mass is 668 g/mol. The molecule has 0 bridgehead atoms. The molecule has 1 aliphatic heterocycles. The molecule has 1 saturated heterocycles. The van der Waals surface area contributed by atoms with Gasteiger partial charge >= 0.3 is 7.12 Å². The van der Waals surface area contributed by atoms with E-state index < -0.39 is 18.3 Å². The van der Waals surface area contributed by atoms with E-state index in [9.17, 15) is 0 Å². The van der Waals surface area contributed by atoms with Gasteiger partial charge in [-0.3, -0.25) is 0 Å². The molecular formula is C49H37BO2. The van der Waals surface area contributed by atoms with E-state index in [1.165, 1.54) is 88.0 Å². The van der Waals surface area contributed by atoms with Crippen molar-refractivity contribution in [1.82, 2.24) is 0 Å².